The zero-order valence-corrected chi connectivity index (χ0v) is 8.34. The summed E-state index contributed by atoms with van der Waals surface area (Å²) in [5.41, 5.74) is 0.987. The molecule has 74 valence electrons. The largest absolute Gasteiger partial charge is 0.386 e. The number of hydrogen-bond acceptors (Lipinski definition) is 3. The minimum absolute atomic E-state index is 0.935. The lowest BCUT2D eigenvalue weighted by Crippen LogP contribution is -2.40. The lowest BCUT2D eigenvalue weighted by molar-refractivity contribution is 0.324. The first-order valence-electron chi connectivity index (χ1n) is 4.88. The molecule has 0 saturated carbocycles. The second kappa shape index (κ2) is 5.65. The van der Waals surface area contributed by atoms with Crippen molar-refractivity contribution in [3.63, 3.8) is 0 Å². The summed E-state index contributed by atoms with van der Waals surface area (Å²) in [7, 11) is 0. The molecule has 0 spiro atoms. The van der Waals surface area contributed by atoms with Gasteiger partial charge in [-0.2, -0.15) is 0 Å². The van der Waals surface area contributed by atoms with E-state index in [1.807, 2.05) is 6.08 Å². The molecule has 0 aromatic carbocycles. The summed E-state index contributed by atoms with van der Waals surface area (Å²) in [5.74, 6) is 0. The number of nitrogens with one attached hydrogen (secondary N) is 2. The van der Waals surface area contributed by atoms with Crippen LogP contribution in [0.2, 0.25) is 0 Å². The number of rotatable bonds is 4. The molecular weight excluding hydrogens is 162 g/mol. The van der Waals surface area contributed by atoms with Crippen LogP contribution in [0.5, 0.6) is 0 Å². The van der Waals surface area contributed by atoms with Crippen molar-refractivity contribution in [2.45, 2.75) is 6.92 Å². The van der Waals surface area contributed by atoms with Crippen molar-refractivity contribution in [1.82, 2.24) is 15.5 Å². The molecule has 1 saturated heterocycles. The Morgan fingerprint density at radius 1 is 1.54 bits per heavy atom. The second-order valence-corrected chi connectivity index (χ2v) is 3.16. The molecule has 3 nitrogen and oxygen atoms in total. The summed E-state index contributed by atoms with van der Waals surface area (Å²) < 4.78 is 0. The SMILES string of the molecule is C=C(/C=C/N1CCNCC1)NCC. The van der Waals surface area contributed by atoms with Gasteiger partial charge in [0.2, 0.25) is 0 Å². The number of hydrogen-bond donors (Lipinski definition) is 2. The number of piperazine rings is 1. The van der Waals surface area contributed by atoms with Crippen molar-refractivity contribution in [3.8, 4) is 0 Å². The first-order valence-corrected chi connectivity index (χ1v) is 4.88. The Hall–Kier alpha value is -0.960. The first kappa shape index (κ1) is 10.1. The molecule has 1 fully saturated rings. The van der Waals surface area contributed by atoms with Crippen molar-refractivity contribution in [3.05, 3.63) is 24.6 Å². The molecule has 0 bridgehead atoms. The van der Waals surface area contributed by atoms with Gasteiger partial charge in [0.25, 0.3) is 0 Å². The highest BCUT2D eigenvalue weighted by molar-refractivity contribution is 5.11. The van der Waals surface area contributed by atoms with Gasteiger partial charge in [-0.15, -0.1) is 0 Å². The highest BCUT2D eigenvalue weighted by Gasteiger charge is 2.03. The third-order valence-electron chi connectivity index (χ3n) is 2.04. The van der Waals surface area contributed by atoms with Crippen LogP contribution in [-0.2, 0) is 0 Å². The van der Waals surface area contributed by atoms with E-state index in [4.69, 9.17) is 0 Å². The molecule has 0 amide bonds. The standard InChI is InChI=1S/C10H19N3/c1-3-12-10(2)4-7-13-8-5-11-6-9-13/h4,7,11-12H,2-3,5-6,8-9H2,1H3/b7-4+. The van der Waals surface area contributed by atoms with Gasteiger partial charge < -0.3 is 15.5 Å². The molecule has 0 aromatic heterocycles. The van der Waals surface area contributed by atoms with E-state index in [0.29, 0.717) is 0 Å². The predicted octanol–water partition coefficient (Wildman–Crippen LogP) is 0.528. The second-order valence-electron chi connectivity index (χ2n) is 3.16. The summed E-state index contributed by atoms with van der Waals surface area (Å²) >= 11 is 0. The van der Waals surface area contributed by atoms with Gasteiger partial charge in [-0.3, -0.25) is 0 Å². The van der Waals surface area contributed by atoms with Gasteiger partial charge in [0.05, 0.1) is 0 Å². The molecule has 13 heavy (non-hydrogen) atoms. The third kappa shape index (κ3) is 3.99. The van der Waals surface area contributed by atoms with Crippen LogP contribution in [0.15, 0.2) is 24.6 Å². The Morgan fingerprint density at radius 3 is 2.85 bits per heavy atom. The van der Waals surface area contributed by atoms with E-state index in [1.54, 1.807) is 0 Å². The van der Waals surface area contributed by atoms with E-state index in [9.17, 15) is 0 Å². The number of likely N-dealkylation sites (N-methyl/N-ethyl adjacent to an activating group) is 1. The van der Waals surface area contributed by atoms with Gasteiger partial charge in [-0.25, -0.2) is 0 Å². The Labute approximate surface area is 80.5 Å². The number of nitrogens with zero attached hydrogens (tertiary/aromatic N) is 1. The molecule has 1 heterocycles. The zero-order valence-electron chi connectivity index (χ0n) is 8.34. The fourth-order valence-electron chi connectivity index (χ4n) is 1.31. The van der Waals surface area contributed by atoms with Crippen LogP contribution in [0.25, 0.3) is 0 Å². The Balaban J connectivity index is 2.24. The summed E-state index contributed by atoms with van der Waals surface area (Å²) in [5, 5.41) is 6.48. The average Bonchev–Trinajstić information content (AvgIpc) is 2.17. The molecular formula is C10H19N3. The van der Waals surface area contributed by atoms with Crippen LogP contribution in [0, 0.1) is 0 Å². The Kier molecular flexibility index (Phi) is 4.40. The highest BCUT2D eigenvalue weighted by atomic mass is 15.2. The molecule has 1 rings (SSSR count). The maximum atomic E-state index is 3.89. The fraction of sp³-hybridized carbons (Fsp3) is 0.600. The third-order valence-corrected chi connectivity index (χ3v) is 2.04. The average molecular weight is 181 g/mol. The fourth-order valence-corrected chi connectivity index (χ4v) is 1.31. The Morgan fingerprint density at radius 2 is 2.23 bits per heavy atom. The molecule has 3 heteroatoms. The van der Waals surface area contributed by atoms with Gasteiger partial charge in [0.15, 0.2) is 0 Å². The van der Waals surface area contributed by atoms with E-state index in [2.05, 4.69) is 35.2 Å². The lowest BCUT2D eigenvalue weighted by Gasteiger charge is -2.25. The van der Waals surface area contributed by atoms with Crippen LogP contribution < -0.4 is 10.6 Å². The molecule has 0 atom stereocenters. The van der Waals surface area contributed by atoms with Gasteiger partial charge in [0.1, 0.15) is 0 Å². The molecule has 2 N–H and O–H groups in total. The Bertz CT molecular complexity index is 181. The van der Waals surface area contributed by atoms with E-state index in [-0.39, 0.29) is 0 Å². The van der Waals surface area contributed by atoms with Crippen molar-refractivity contribution in [1.29, 1.82) is 0 Å². The van der Waals surface area contributed by atoms with Crippen molar-refractivity contribution in [2.24, 2.45) is 0 Å². The molecule has 1 aliphatic heterocycles. The monoisotopic (exact) mass is 181 g/mol. The maximum absolute atomic E-state index is 3.89. The van der Waals surface area contributed by atoms with E-state index in [1.165, 1.54) is 0 Å². The topological polar surface area (TPSA) is 27.3 Å². The van der Waals surface area contributed by atoms with Crippen LogP contribution in [0.4, 0.5) is 0 Å². The van der Waals surface area contributed by atoms with Gasteiger partial charge >= 0.3 is 0 Å². The van der Waals surface area contributed by atoms with E-state index in [0.717, 1.165) is 38.4 Å². The zero-order chi connectivity index (χ0) is 9.52. The summed E-state index contributed by atoms with van der Waals surface area (Å²) in [6.07, 6.45) is 4.15. The molecule has 1 aliphatic rings. The lowest BCUT2D eigenvalue weighted by atomic mass is 10.3. The van der Waals surface area contributed by atoms with E-state index < -0.39 is 0 Å². The summed E-state index contributed by atoms with van der Waals surface area (Å²) in [6, 6.07) is 0. The maximum Gasteiger partial charge on any atom is 0.0298 e. The van der Waals surface area contributed by atoms with Gasteiger partial charge in [-0.05, 0) is 13.0 Å². The van der Waals surface area contributed by atoms with Crippen molar-refractivity contribution >= 4 is 0 Å². The molecule has 0 aliphatic carbocycles. The molecule has 0 unspecified atom stereocenters. The molecule has 0 aromatic rings. The van der Waals surface area contributed by atoms with Crippen LogP contribution in [-0.4, -0.2) is 37.6 Å². The highest BCUT2D eigenvalue weighted by Crippen LogP contribution is 1.95. The van der Waals surface area contributed by atoms with Crippen molar-refractivity contribution < 1.29 is 0 Å². The van der Waals surface area contributed by atoms with Crippen molar-refractivity contribution in [2.75, 3.05) is 32.7 Å². The normalized spacial score (nSPS) is 17.8. The summed E-state index contributed by atoms with van der Waals surface area (Å²) in [4.78, 5) is 2.30. The van der Waals surface area contributed by atoms with Gasteiger partial charge in [0, 0.05) is 44.6 Å². The minimum atomic E-state index is 0.935. The van der Waals surface area contributed by atoms with E-state index >= 15 is 0 Å². The van der Waals surface area contributed by atoms with Crippen LogP contribution in [0.1, 0.15) is 6.92 Å². The number of allylic oxidation sites excluding steroid dienone is 1. The van der Waals surface area contributed by atoms with Gasteiger partial charge in [-0.1, -0.05) is 6.58 Å². The predicted molar refractivity (Wildman–Crippen MR) is 56.4 cm³/mol. The first-order chi connectivity index (χ1) is 6.33. The summed E-state index contributed by atoms with van der Waals surface area (Å²) in [6.45, 7) is 11.2. The van der Waals surface area contributed by atoms with Crippen LogP contribution >= 0.6 is 0 Å². The minimum Gasteiger partial charge on any atom is -0.386 e. The smallest absolute Gasteiger partial charge is 0.0298 e. The molecule has 0 radical (unpaired) electrons. The van der Waals surface area contributed by atoms with Crippen LogP contribution in [0.3, 0.4) is 0 Å². The quantitative estimate of drug-likeness (QED) is 0.619.